The van der Waals surface area contributed by atoms with E-state index in [1.807, 2.05) is 0 Å². The Labute approximate surface area is 110 Å². The van der Waals surface area contributed by atoms with Crippen LogP contribution >= 0.6 is 11.6 Å². The van der Waals surface area contributed by atoms with Crippen LogP contribution in [0.3, 0.4) is 0 Å². The highest BCUT2D eigenvalue weighted by Crippen LogP contribution is 2.22. The van der Waals surface area contributed by atoms with Gasteiger partial charge in [-0.2, -0.15) is 0 Å². The maximum Gasteiger partial charge on any atom is 0.151 e. The number of alkyl halides is 1. The lowest BCUT2D eigenvalue weighted by molar-refractivity contribution is 0.174. The molecule has 0 aromatic heterocycles. The first kappa shape index (κ1) is 15.3. The van der Waals surface area contributed by atoms with Gasteiger partial charge in [0.2, 0.25) is 0 Å². The van der Waals surface area contributed by atoms with E-state index in [1.54, 1.807) is 6.92 Å². The fourth-order valence-electron chi connectivity index (χ4n) is 2.43. The zero-order valence-corrected chi connectivity index (χ0v) is 12.3. The van der Waals surface area contributed by atoms with Crippen LogP contribution in [-0.4, -0.2) is 49.8 Å². The molecule has 0 aliphatic heterocycles. The molecule has 0 heterocycles. The van der Waals surface area contributed by atoms with Gasteiger partial charge < -0.3 is 0 Å². The molecule has 0 unspecified atom stereocenters. The Bertz CT molecular complexity index is 300. The van der Waals surface area contributed by atoms with Gasteiger partial charge in [-0.25, -0.2) is 8.42 Å². The first-order chi connectivity index (χ1) is 8.09. The molecule has 0 radical (unpaired) electrons. The van der Waals surface area contributed by atoms with Crippen LogP contribution in [0.4, 0.5) is 0 Å². The lowest BCUT2D eigenvalue weighted by Gasteiger charge is -2.33. The molecule has 0 atom stereocenters. The van der Waals surface area contributed by atoms with Crippen LogP contribution in [0.25, 0.3) is 0 Å². The third kappa shape index (κ3) is 5.58. The molecule has 5 heteroatoms. The summed E-state index contributed by atoms with van der Waals surface area (Å²) in [7, 11) is -2.86. The van der Waals surface area contributed by atoms with Crippen LogP contribution in [0.5, 0.6) is 0 Å². The van der Waals surface area contributed by atoms with Crippen LogP contribution in [0.2, 0.25) is 0 Å². The van der Waals surface area contributed by atoms with Crippen LogP contribution in [0.15, 0.2) is 0 Å². The summed E-state index contributed by atoms with van der Waals surface area (Å²) < 4.78 is 23.1. The van der Waals surface area contributed by atoms with Gasteiger partial charge in [0.15, 0.2) is 9.84 Å². The Morgan fingerprint density at radius 3 is 2.35 bits per heavy atom. The maximum atomic E-state index is 11.5. The highest BCUT2D eigenvalue weighted by atomic mass is 35.5. The van der Waals surface area contributed by atoms with Crippen molar-refractivity contribution in [2.24, 2.45) is 0 Å². The van der Waals surface area contributed by atoms with Crippen molar-refractivity contribution in [1.29, 1.82) is 0 Å². The zero-order chi connectivity index (χ0) is 12.7. The molecule has 1 saturated carbocycles. The summed E-state index contributed by atoms with van der Waals surface area (Å²) >= 11 is 5.81. The van der Waals surface area contributed by atoms with Gasteiger partial charge >= 0.3 is 0 Å². The Kier molecular flexibility index (Phi) is 6.82. The van der Waals surface area contributed by atoms with E-state index in [0.29, 0.717) is 18.5 Å². The van der Waals surface area contributed by atoms with Crippen LogP contribution in [-0.2, 0) is 9.84 Å². The van der Waals surface area contributed by atoms with Crippen molar-refractivity contribution in [2.75, 3.05) is 30.5 Å². The number of rotatable bonds is 7. The van der Waals surface area contributed by atoms with Crippen molar-refractivity contribution in [1.82, 2.24) is 4.90 Å². The summed E-state index contributed by atoms with van der Waals surface area (Å²) in [6, 6.07) is 0.551. The summed E-state index contributed by atoms with van der Waals surface area (Å²) in [4.78, 5) is 2.28. The molecular weight excluding hydrogens is 258 g/mol. The van der Waals surface area contributed by atoms with Gasteiger partial charge in [-0.15, -0.1) is 11.6 Å². The Morgan fingerprint density at radius 2 is 1.82 bits per heavy atom. The fraction of sp³-hybridized carbons (Fsp3) is 1.00. The predicted octanol–water partition coefficient (Wildman–Crippen LogP) is 2.29. The second-order valence-electron chi connectivity index (χ2n) is 4.75. The van der Waals surface area contributed by atoms with E-state index in [2.05, 4.69) is 4.90 Å². The van der Waals surface area contributed by atoms with Gasteiger partial charge in [-0.1, -0.05) is 26.2 Å². The number of sulfone groups is 1. The normalized spacial score (nSPS) is 18.8. The van der Waals surface area contributed by atoms with Gasteiger partial charge in [0.1, 0.15) is 0 Å². The standard InChI is InChI=1S/C12H24ClNO2S/c1-2-17(15,16)11-10-14(9-8-13)12-6-4-3-5-7-12/h12H,2-11H2,1H3. The highest BCUT2D eigenvalue weighted by molar-refractivity contribution is 7.91. The van der Waals surface area contributed by atoms with E-state index in [4.69, 9.17) is 11.6 Å². The molecule has 0 saturated heterocycles. The largest absolute Gasteiger partial charge is 0.298 e. The average Bonchev–Trinajstić information content (AvgIpc) is 2.35. The van der Waals surface area contributed by atoms with Crippen molar-refractivity contribution in [3.63, 3.8) is 0 Å². The predicted molar refractivity (Wildman–Crippen MR) is 73.5 cm³/mol. The minimum absolute atomic E-state index is 0.242. The van der Waals surface area contributed by atoms with E-state index in [0.717, 1.165) is 6.54 Å². The smallest absolute Gasteiger partial charge is 0.151 e. The van der Waals surface area contributed by atoms with Crippen LogP contribution < -0.4 is 0 Å². The molecule has 0 aromatic rings. The maximum absolute atomic E-state index is 11.5. The van der Waals surface area contributed by atoms with Crippen molar-refractivity contribution in [3.05, 3.63) is 0 Å². The average molecular weight is 282 g/mol. The zero-order valence-electron chi connectivity index (χ0n) is 10.7. The monoisotopic (exact) mass is 281 g/mol. The second-order valence-corrected chi connectivity index (χ2v) is 7.60. The van der Waals surface area contributed by atoms with Gasteiger partial charge in [-0.3, -0.25) is 4.90 Å². The molecule has 0 N–H and O–H groups in total. The number of halogens is 1. The number of hydrogen-bond donors (Lipinski definition) is 0. The fourth-order valence-corrected chi connectivity index (χ4v) is 3.45. The molecule has 0 spiro atoms. The summed E-state index contributed by atoms with van der Waals surface area (Å²) in [6.07, 6.45) is 6.25. The SMILES string of the molecule is CCS(=O)(=O)CCN(CCCl)C1CCCCC1. The first-order valence-corrected chi connectivity index (χ1v) is 8.95. The molecule has 1 aliphatic rings. The van der Waals surface area contributed by atoms with Crippen LogP contribution in [0.1, 0.15) is 39.0 Å². The quantitative estimate of drug-likeness (QED) is 0.672. The number of nitrogens with zero attached hydrogens (tertiary/aromatic N) is 1. The van der Waals surface area contributed by atoms with Gasteiger partial charge in [-0.05, 0) is 12.8 Å². The van der Waals surface area contributed by atoms with Crippen molar-refractivity contribution < 1.29 is 8.42 Å². The minimum Gasteiger partial charge on any atom is -0.298 e. The number of hydrogen-bond acceptors (Lipinski definition) is 3. The second kappa shape index (κ2) is 7.59. The van der Waals surface area contributed by atoms with Crippen molar-refractivity contribution >= 4 is 21.4 Å². The molecule has 3 nitrogen and oxygen atoms in total. The van der Waals surface area contributed by atoms with E-state index in [-0.39, 0.29) is 11.5 Å². The van der Waals surface area contributed by atoms with E-state index in [1.165, 1.54) is 32.1 Å². The van der Waals surface area contributed by atoms with Gasteiger partial charge in [0.05, 0.1) is 5.75 Å². The molecular formula is C12H24ClNO2S. The first-order valence-electron chi connectivity index (χ1n) is 6.59. The molecule has 0 aromatic carbocycles. The Hall–Kier alpha value is 0.200. The molecule has 1 fully saturated rings. The van der Waals surface area contributed by atoms with Crippen molar-refractivity contribution in [2.45, 2.75) is 45.1 Å². The summed E-state index contributed by atoms with van der Waals surface area (Å²) in [6.45, 7) is 3.17. The summed E-state index contributed by atoms with van der Waals surface area (Å²) in [5.41, 5.74) is 0. The Balaban J connectivity index is 2.47. The molecule has 0 bridgehead atoms. The van der Waals surface area contributed by atoms with E-state index in [9.17, 15) is 8.42 Å². The van der Waals surface area contributed by atoms with Gasteiger partial charge in [0.25, 0.3) is 0 Å². The lowest BCUT2D eigenvalue weighted by Crippen LogP contribution is -2.41. The van der Waals surface area contributed by atoms with E-state index >= 15 is 0 Å². The molecule has 102 valence electrons. The minimum atomic E-state index is -2.86. The topological polar surface area (TPSA) is 37.4 Å². The summed E-state index contributed by atoms with van der Waals surface area (Å²) in [5, 5.41) is 0. The van der Waals surface area contributed by atoms with Crippen molar-refractivity contribution in [3.8, 4) is 0 Å². The summed E-state index contributed by atoms with van der Waals surface area (Å²) in [5.74, 6) is 1.10. The van der Waals surface area contributed by atoms with Gasteiger partial charge in [0, 0.05) is 30.8 Å². The lowest BCUT2D eigenvalue weighted by atomic mass is 9.94. The molecule has 1 rings (SSSR count). The third-order valence-electron chi connectivity index (χ3n) is 3.59. The van der Waals surface area contributed by atoms with E-state index < -0.39 is 9.84 Å². The Morgan fingerprint density at radius 1 is 1.18 bits per heavy atom. The highest BCUT2D eigenvalue weighted by Gasteiger charge is 2.21. The van der Waals surface area contributed by atoms with Crippen LogP contribution in [0, 0.1) is 0 Å². The molecule has 17 heavy (non-hydrogen) atoms. The molecule has 0 amide bonds. The third-order valence-corrected chi connectivity index (χ3v) is 5.45. The molecule has 1 aliphatic carbocycles.